The average Bonchev–Trinajstić information content (AvgIpc) is 3.19. The topological polar surface area (TPSA) is 90.9 Å². The molecule has 0 aromatic heterocycles. The molecule has 168 valence electrons. The summed E-state index contributed by atoms with van der Waals surface area (Å²) in [7, 11) is 1.23. The number of rotatable bonds is 7. The number of carbonyl (C=O) groups is 3. The van der Waals surface area contributed by atoms with Gasteiger partial charge in [0.25, 0.3) is 0 Å². The van der Waals surface area contributed by atoms with E-state index in [4.69, 9.17) is 14.2 Å². The zero-order valence-corrected chi connectivity index (χ0v) is 18.4. The van der Waals surface area contributed by atoms with E-state index in [2.05, 4.69) is 5.32 Å². The molecule has 0 bridgehead atoms. The van der Waals surface area contributed by atoms with Gasteiger partial charge in [0, 0.05) is 11.5 Å². The van der Waals surface area contributed by atoms with E-state index in [9.17, 15) is 14.4 Å². The average molecular weight is 437 g/mol. The Hall–Kier alpha value is -3.61. The molecule has 32 heavy (non-hydrogen) atoms. The molecule has 0 fully saturated rings. The largest absolute Gasteiger partial charge is 0.467 e. The van der Waals surface area contributed by atoms with Gasteiger partial charge in [-0.2, -0.15) is 0 Å². The molecule has 1 aliphatic rings. The highest BCUT2D eigenvalue weighted by Gasteiger charge is 2.49. The van der Waals surface area contributed by atoms with Crippen LogP contribution in [-0.2, 0) is 30.4 Å². The van der Waals surface area contributed by atoms with Crippen molar-refractivity contribution in [3.8, 4) is 0 Å². The first-order valence-corrected chi connectivity index (χ1v) is 10.4. The fourth-order valence-corrected chi connectivity index (χ4v) is 3.77. The van der Waals surface area contributed by atoms with Crippen LogP contribution in [0.2, 0.25) is 0 Å². The number of benzene rings is 2. The summed E-state index contributed by atoms with van der Waals surface area (Å²) in [6.45, 7) is 3.90. The number of esters is 2. The second-order valence-electron chi connectivity index (χ2n) is 7.64. The van der Waals surface area contributed by atoms with Gasteiger partial charge in [-0.05, 0) is 37.5 Å². The van der Waals surface area contributed by atoms with Crippen molar-refractivity contribution in [2.75, 3.05) is 13.7 Å². The maximum Gasteiger partial charge on any atom is 0.408 e. The number of hydrogen-bond acceptors (Lipinski definition) is 6. The molecule has 0 radical (unpaired) electrons. The van der Waals surface area contributed by atoms with Gasteiger partial charge >= 0.3 is 18.0 Å². The molecule has 7 heteroatoms. The Morgan fingerprint density at radius 1 is 1.03 bits per heavy atom. The van der Waals surface area contributed by atoms with Crippen LogP contribution in [0.4, 0.5) is 4.79 Å². The zero-order valence-electron chi connectivity index (χ0n) is 18.4. The van der Waals surface area contributed by atoms with Crippen LogP contribution in [0.5, 0.6) is 0 Å². The van der Waals surface area contributed by atoms with Gasteiger partial charge in [-0.25, -0.2) is 14.4 Å². The molecular weight excluding hydrogens is 410 g/mol. The second-order valence-corrected chi connectivity index (χ2v) is 7.64. The quantitative estimate of drug-likeness (QED) is 0.523. The lowest BCUT2D eigenvalue weighted by atomic mass is 9.88. The SMILES string of the molecule is CCOC(=O)C1=C[C@](NC(=O)OCc2ccccc2)(C(=O)OC)C[C@H]1c1ccc(C)cc1. The number of carbonyl (C=O) groups excluding carboxylic acids is 3. The number of methoxy groups -OCH3 is 1. The minimum Gasteiger partial charge on any atom is -0.467 e. The number of hydrogen-bond donors (Lipinski definition) is 1. The van der Waals surface area contributed by atoms with Gasteiger partial charge in [-0.15, -0.1) is 0 Å². The third-order valence-corrected chi connectivity index (χ3v) is 5.38. The van der Waals surface area contributed by atoms with E-state index >= 15 is 0 Å². The van der Waals surface area contributed by atoms with Crippen LogP contribution in [-0.4, -0.2) is 37.3 Å². The smallest absolute Gasteiger partial charge is 0.408 e. The van der Waals surface area contributed by atoms with Crippen LogP contribution in [0.25, 0.3) is 0 Å². The summed E-state index contributed by atoms with van der Waals surface area (Å²) in [6, 6.07) is 16.8. The second kappa shape index (κ2) is 10.1. The Morgan fingerprint density at radius 2 is 1.72 bits per heavy atom. The molecule has 0 saturated carbocycles. The van der Waals surface area contributed by atoms with E-state index in [0.717, 1.165) is 16.7 Å². The van der Waals surface area contributed by atoms with Crippen molar-refractivity contribution < 1.29 is 28.6 Å². The monoisotopic (exact) mass is 437 g/mol. The first-order valence-electron chi connectivity index (χ1n) is 10.4. The molecule has 7 nitrogen and oxygen atoms in total. The minimum absolute atomic E-state index is 0.0414. The highest BCUT2D eigenvalue weighted by molar-refractivity contribution is 5.97. The molecule has 3 rings (SSSR count). The summed E-state index contributed by atoms with van der Waals surface area (Å²) in [5.74, 6) is -1.68. The lowest BCUT2D eigenvalue weighted by molar-refractivity contribution is -0.146. The number of nitrogens with one attached hydrogen (secondary N) is 1. The molecule has 0 unspecified atom stereocenters. The summed E-state index contributed by atoms with van der Waals surface area (Å²) in [5, 5.41) is 2.63. The highest BCUT2D eigenvalue weighted by atomic mass is 16.6. The number of alkyl carbamates (subject to hydrolysis) is 1. The van der Waals surface area contributed by atoms with Crippen molar-refractivity contribution in [1.82, 2.24) is 5.32 Å². The van der Waals surface area contributed by atoms with E-state index in [1.807, 2.05) is 61.5 Å². The first kappa shape index (κ1) is 23.1. The Morgan fingerprint density at radius 3 is 2.34 bits per heavy atom. The third-order valence-electron chi connectivity index (χ3n) is 5.38. The van der Waals surface area contributed by atoms with Crippen LogP contribution in [0.1, 0.15) is 36.0 Å². The Kier molecular flexibility index (Phi) is 7.30. The predicted octanol–water partition coefficient (Wildman–Crippen LogP) is 3.81. The highest BCUT2D eigenvalue weighted by Crippen LogP contribution is 2.42. The minimum atomic E-state index is -1.56. The summed E-state index contributed by atoms with van der Waals surface area (Å²) >= 11 is 0. The van der Waals surface area contributed by atoms with E-state index in [1.165, 1.54) is 13.2 Å². The van der Waals surface area contributed by atoms with Crippen molar-refractivity contribution in [1.29, 1.82) is 0 Å². The number of ether oxygens (including phenoxy) is 3. The molecule has 1 amide bonds. The Labute approximate surface area is 187 Å². The normalized spacial score (nSPS) is 19.6. The molecule has 1 N–H and O–H groups in total. The van der Waals surface area contributed by atoms with Crippen LogP contribution in [0, 0.1) is 6.92 Å². The van der Waals surface area contributed by atoms with Crippen molar-refractivity contribution in [3.63, 3.8) is 0 Å². The fraction of sp³-hybridized carbons (Fsp3) is 0.320. The van der Waals surface area contributed by atoms with Gasteiger partial charge in [0.2, 0.25) is 0 Å². The molecular formula is C25H27NO6. The first-order chi connectivity index (χ1) is 15.4. The third kappa shape index (κ3) is 5.17. The van der Waals surface area contributed by atoms with Gasteiger partial charge in [0.15, 0.2) is 5.54 Å². The standard InChI is InChI=1S/C25H27NO6/c1-4-31-22(27)21-15-25(23(28)30-3,14-20(21)19-12-10-17(2)11-13-19)26-24(29)32-16-18-8-6-5-7-9-18/h5-13,15,20H,4,14,16H2,1-3H3,(H,26,29)/t20-,25-/m0/s1. The lowest BCUT2D eigenvalue weighted by Crippen LogP contribution is -2.53. The molecule has 1 aliphatic carbocycles. The van der Waals surface area contributed by atoms with Crippen molar-refractivity contribution in [3.05, 3.63) is 82.9 Å². The van der Waals surface area contributed by atoms with Gasteiger partial charge in [-0.3, -0.25) is 0 Å². The molecule has 2 atom stereocenters. The van der Waals surface area contributed by atoms with E-state index < -0.39 is 29.5 Å². The van der Waals surface area contributed by atoms with E-state index in [1.54, 1.807) is 6.92 Å². The summed E-state index contributed by atoms with van der Waals surface area (Å²) in [4.78, 5) is 38.1. The maximum absolute atomic E-state index is 12.8. The molecule has 0 heterocycles. The Bertz CT molecular complexity index is 999. The van der Waals surface area contributed by atoms with Crippen LogP contribution >= 0.6 is 0 Å². The summed E-state index contributed by atoms with van der Waals surface area (Å²) in [5.41, 5.74) is 1.45. The van der Waals surface area contributed by atoms with Crippen molar-refractivity contribution in [2.24, 2.45) is 0 Å². The Balaban J connectivity index is 1.88. The molecule has 0 aliphatic heterocycles. The molecule has 2 aromatic rings. The van der Waals surface area contributed by atoms with Crippen molar-refractivity contribution >= 4 is 18.0 Å². The molecule has 0 spiro atoms. The number of amides is 1. The van der Waals surface area contributed by atoms with Crippen molar-refractivity contribution in [2.45, 2.75) is 38.3 Å². The lowest BCUT2D eigenvalue weighted by Gasteiger charge is -2.26. The summed E-state index contributed by atoms with van der Waals surface area (Å²) in [6.07, 6.45) is 0.755. The van der Waals surface area contributed by atoms with E-state index in [-0.39, 0.29) is 19.6 Å². The van der Waals surface area contributed by atoms with Crippen LogP contribution in [0.3, 0.4) is 0 Å². The molecule has 0 saturated heterocycles. The van der Waals surface area contributed by atoms with Crippen LogP contribution < -0.4 is 5.32 Å². The zero-order chi connectivity index (χ0) is 23.1. The van der Waals surface area contributed by atoms with Gasteiger partial charge < -0.3 is 19.5 Å². The van der Waals surface area contributed by atoms with E-state index in [0.29, 0.717) is 5.57 Å². The van der Waals surface area contributed by atoms with Gasteiger partial charge in [0.1, 0.15) is 6.61 Å². The number of aryl methyl sites for hydroxylation is 1. The maximum atomic E-state index is 12.8. The summed E-state index contributed by atoms with van der Waals surface area (Å²) < 4.78 is 15.5. The fourth-order valence-electron chi connectivity index (χ4n) is 3.77. The predicted molar refractivity (Wildman–Crippen MR) is 118 cm³/mol. The van der Waals surface area contributed by atoms with Gasteiger partial charge in [-0.1, -0.05) is 60.2 Å². The molecule has 2 aromatic carbocycles. The van der Waals surface area contributed by atoms with Gasteiger partial charge in [0.05, 0.1) is 13.7 Å². The van der Waals surface area contributed by atoms with Crippen LogP contribution in [0.15, 0.2) is 66.2 Å².